The zero-order valence-corrected chi connectivity index (χ0v) is 17.5. The number of likely N-dealkylation sites (N-methyl/N-ethyl adjacent to an activating group) is 1. The van der Waals surface area contributed by atoms with Gasteiger partial charge in [0.15, 0.2) is 23.2 Å². The lowest BCUT2D eigenvalue weighted by molar-refractivity contribution is -0.136. The summed E-state index contributed by atoms with van der Waals surface area (Å²) in [5.41, 5.74) is 1.12. The van der Waals surface area contributed by atoms with Gasteiger partial charge in [0.1, 0.15) is 18.3 Å². The molecule has 6 N–H and O–H groups in total. The molecule has 1 aromatic carbocycles. The molecule has 0 radical (unpaired) electrons. The van der Waals surface area contributed by atoms with Crippen LogP contribution in [0, 0.1) is 0 Å². The Labute approximate surface area is 187 Å². The van der Waals surface area contributed by atoms with Crippen LogP contribution in [0.4, 0.5) is 17.5 Å². The van der Waals surface area contributed by atoms with E-state index in [0.717, 1.165) is 0 Å². The molecule has 1 fully saturated rings. The molecule has 0 bridgehead atoms. The summed E-state index contributed by atoms with van der Waals surface area (Å²) in [6.07, 6.45) is -3.45. The normalized spacial score (nSPS) is 22.3. The number of para-hydroxylation sites is 1. The number of anilines is 3. The van der Waals surface area contributed by atoms with Gasteiger partial charge in [-0.2, -0.15) is 9.97 Å². The lowest BCUT2D eigenvalue weighted by atomic mass is 10.1. The molecule has 174 valence electrons. The molecule has 4 rings (SSSR count). The summed E-state index contributed by atoms with van der Waals surface area (Å²) in [7, 11) is 0. The molecule has 33 heavy (non-hydrogen) atoms. The maximum atomic E-state index is 12.2. The van der Waals surface area contributed by atoms with Crippen molar-refractivity contribution in [3.63, 3.8) is 0 Å². The van der Waals surface area contributed by atoms with Crippen molar-refractivity contribution in [2.45, 2.75) is 31.5 Å². The molecular weight excluding hydrogens is 434 g/mol. The highest BCUT2D eigenvalue weighted by atomic mass is 16.6. The molecule has 0 saturated carbocycles. The number of nitrogens with one attached hydrogen (secondary N) is 3. The Bertz CT molecular complexity index is 1150. The number of nitrogens with zero attached hydrogens (tertiary/aromatic N) is 4. The highest BCUT2D eigenvalue weighted by molar-refractivity contribution is 6.39. The van der Waals surface area contributed by atoms with Gasteiger partial charge in [-0.05, 0) is 19.1 Å². The Hall–Kier alpha value is -3.65. The molecule has 13 heteroatoms. The number of amides is 2. The fraction of sp³-hybridized carbons (Fsp3) is 0.350. The van der Waals surface area contributed by atoms with Crippen LogP contribution in [0.15, 0.2) is 36.7 Å². The molecule has 3 heterocycles. The van der Waals surface area contributed by atoms with E-state index in [1.54, 1.807) is 19.1 Å². The first-order valence-corrected chi connectivity index (χ1v) is 10.2. The number of imidazole rings is 1. The van der Waals surface area contributed by atoms with Crippen molar-refractivity contribution in [1.29, 1.82) is 0 Å². The number of hydrogen-bond donors (Lipinski definition) is 6. The molecule has 13 nitrogen and oxygen atoms in total. The Kier molecular flexibility index (Phi) is 6.46. The quantitative estimate of drug-likeness (QED) is 0.258. The van der Waals surface area contributed by atoms with E-state index in [4.69, 9.17) is 4.74 Å². The van der Waals surface area contributed by atoms with Crippen LogP contribution in [0.1, 0.15) is 13.2 Å². The monoisotopic (exact) mass is 457 g/mol. The fourth-order valence-corrected chi connectivity index (χ4v) is 3.41. The van der Waals surface area contributed by atoms with Crippen molar-refractivity contribution in [1.82, 2.24) is 24.8 Å². The van der Waals surface area contributed by atoms with E-state index in [2.05, 4.69) is 30.9 Å². The number of benzene rings is 1. The molecule has 0 aliphatic carbocycles. The predicted octanol–water partition coefficient (Wildman–Crippen LogP) is -0.744. The van der Waals surface area contributed by atoms with Gasteiger partial charge in [-0.1, -0.05) is 18.2 Å². The number of fused-ring (bicyclic) bond motifs is 1. The molecule has 2 amide bonds. The van der Waals surface area contributed by atoms with E-state index in [0.29, 0.717) is 5.69 Å². The van der Waals surface area contributed by atoms with Gasteiger partial charge in [0.25, 0.3) is 0 Å². The lowest BCUT2D eigenvalue weighted by Gasteiger charge is -2.17. The van der Waals surface area contributed by atoms with Crippen LogP contribution in [-0.2, 0) is 14.3 Å². The third-order valence-corrected chi connectivity index (χ3v) is 5.02. The summed E-state index contributed by atoms with van der Waals surface area (Å²) < 4.78 is 6.94. The average molecular weight is 457 g/mol. The van der Waals surface area contributed by atoms with Crippen molar-refractivity contribution in [3.05, 3.63) is 36.7 Å². The first-order chi connectivity index (χ1) is 15.9. The van der Waals surface area contributed by atoms with Crippen LogP contribution in [0.25, 0.3) is 11.2 Å². The molecule has 0 unspecified atom stereocenters. The Morgan fingerprint density at radius 2 is 1.88 bits per heavy atom. The van der Waals surface area contributed by atoms with Crippen molar-refractivity contribution in [3.8, 4) is 0 Å². The number of aliphatic hydroxyl groups excluding tert-OH is 3. The standard InChI is InChI=1S/C20H23N7O6/c1-2-21-17(31)18(32)26-20-24-15(23-10-6-4-3-5-7-10)12-16(25-20)27(9-22-12)19-14(30)13(29)11(8-28)33-19/h3-7,9,11,13-14,19,28-30H,2,8H2,1H3,(H,21,31)(H2,23,24,25,26,32)/t11-,13-,14-,19-/m1/s1. The van der Waals surface area contributed by atoms with Gasteiger partial charge in [-0.15, -0.1) is 0 Å². The first-order valence-electron chi connectivity index (χ1n) is 10.2. The summed E-state index contributed by atoms with van der Waals surface area (Å²) in [4.78, 5) is 36.9. The topological polar surface area (TPSA) is 184 Å². The van der Waals surface area contributed by atoms with E-state index in [1.807, 2.05) is 18.2 Å². The van der Waals surface area contributed by atoms with E-state index in [-0.39, 0.29) is 29.5 Å². The maximum Gasteiger partial charge on any atom is 0.316 e. The van der Waals surface area contributed by atoms with Crippen LogP contribution >= 0.6 is 0 Å². The van der Waals surface area contributed by atoms with Gasteiger partial charge in [-0.3, -0.25) is 19.5 Å². The third-order valence-electron chi connectivity index (χ3n) is 5.02. The highest BCUT2D eigenvalue weighted by Crippen LogP contribution is 2.33. The fourth-order valence-electron chi connectivity index (χ4n) is 3.41. The largest absolute Gasteiger partial charge is 0.394 e. The van der Waals surface area contributed by atoms with Crippen molar-refractivity contribution >= 4 is 40.4 Å². The zero-order chi connectivity index (χ0) is 23.5. The van der Waals surface area contributed by atoms with Gasteiger partial charge in [0.2, 0.25) is 5.95 Å². The van der Waals surface area contributed by atoms with Gasteiger partial charge in [-0.25, -0.2) is 4.98 Å². The van der Waals surface area contributed by atoms with Crippen LogP contribution in [-0.4, -0.2) is 78.1 Å². The summed E-state index contributed by atoms with van der Waals surface area (Å²) >= 11 is 0. The zero-order valence-electron chi connectivity index (χ0n) is 17.5. The van der Waals surface area contributed by atoms with Crippen molar-refractivity contribution in [2.24, 2.45) is 0 Å². The van der Waals surface area contributed by atoms with Gasteiger partial charge >= 0.3 is 11.8 Å². The summed E-state index contributed by atoms with van der Waals surface area (Å²) in [5.74, 6) is -1.77. The van der Waals surface area contributed by atoms with E-state index >= 15 is 0 Å². The summed E-state index contributed by atoms with van der Waals surface area (Å²) in [5, 5.41) is 37.7. The molecule has 1 aliphatic rings. The van der Waals surface area contributed by atoms with Gasteiger partial charge in [0.05, 0.1) is 12.9 Å². The second kappa shape index (κ2) is 9.46. The molecule has 1 aliphatic heterocycles. The average Bonchev–Trinajstić information content (AvgIpc) is 3.35. The molecule has 3 aromatic rings. The summed E-state index contributed by atoms with van der Waals surface area (Å²) in [6, 6.07) is 9.06. The SMILES string of the molecule is CCNC(=O)C(=O)Nc1nc(Nc2ccccc2)c2ncn([C@@H]3O[C@H](CO)[C@@H](O)[C@H]3O)c2n1. The minimum absolute atomic E-state index is 0.157. The maximum absolute atomic E-state index is 12.2. The Morgan fingerprint density at radius 3 is 2.55 bits per heavy atom. The molecule has 0 spiro atoms. The van der Waals surface area contributed by atoms with Crippen molar-refractivity contribution in [2.75, 3.05) is 23.8 Å². The number of aliphatic hydroxyl groups is 3. The molecule has 4 atom stereocenters. The first kappa shape index (κ1) is 22.5. The molecular formula is C20H23N7O6. The highest BCUT2D eigenvalue weighted by Gasteiger charge is 2.44. The predicted molar refractivity (Wildman–Crippen MR) is 115 cm³/mol. The third kappa shape index (κ3) is 4.47. The van der Waals surface area contributed by atoms with E-state index < -0.39 is 43.0 Å². The Balaban J connectivity index is 1.76. The second-order valence-electron chi connectivity index (χ2n) is 7.25. The van der Waals surface area contributed by atoms with Crippen molar-refractivity contribution < 1.29 is 29.6 Å². The second-order valence-corrected chi connectivity index (χ2v) is 7.25. The number of carbonyl (C=O) groups is 2. The molecule has 1 saturated heterocycles. The number of carbonyl (C=O) groups excluding carboxylic acids is 2. The van der Waals surface area contributed by atoms with Crippen LogP contribution in [0.2, 0.25) is 0 Å². The number of rotatable bonds is 6. The van der Waals surface area contributed by atoms with E-state index in [1.165, 1.54) is 10.9 Å². The Morgan fingerprint density at radius 1 is 1.12 bits per heavy atom. The minimum atomic E-state index is -1.37. The van der Waals surface area contributed by atoms with Crippen LogP contribution in [0.3, 0.4) is 0 Å². The molecule has 2 aromatic heterocycles. The number of ether oxygens (including phenoxy) is 1. The minimum Gasteiger partial charge on any atom is -0.394 e. The van der Waals surface area contributed by atoms with Gasteiger partial charge < -0.3 is 30.7 Å². The number of hydrogen-bond acceptors (Lipinski definition) is 10. The van der Waals surface area contributed by atoms with Gasteiger partial charge in [0, 0.05) is 12.2 Å². The van der Waals surface area contributed by atoms with Crippen LogP contribution < -0.4 is 16.0 Å². The van der Waals surface area contributed by atoms with E-state index in [9.17, 15) is 24.9 Å². The van der Waals surface area contributed by atoms with Crippen LogP contribution in [0.5, 0.6) is 0 Å². The smallest absolute Gasteiger partial charge is 0.316 e. The lowest BCUT2D eigenvalue weighted by Crippen LogP contribution is -2.35. The summed E-state index contributed by atoms with van der Waals surface area (Å²) in [6.45, 7) is 1.45. The number of aromatic nitrogens is 4.